The van der Waals surface area contributed by atoms with Crippen molar-refractivity contribution in [1.82, 2.24) is 0 Å². The van der Waals surface area contributed by atoms with E-state index >= 15 is 0 Å². The van der Waals surface area contributed by atoms with Crippen molar-refractivity contribution in [3.8, 4) is 18.1 Å². The van der Waals surface area contributed by atoms with Gasteiger partial charge in [0.25, 0.3) is 0 Å². The molecule has 0 saturated carbocycles. The molecule has 13 heavy (non-hydrogen) atoms. The van der Waals surface area contributed by atoms with Crippen molar-refractivity contribution in [3.63, 3.8) is 0 Å². The summed E-state index contributed by atoms with van der Waals surface area (Å²) in [5, 5.41) is 0. The summed E-state index contributed by atoms with van der Waals surface area (Å²) in [6.07, 6.45) is 6.11. The zero-order chi connectivity index (χ0) is 9.90. The van der Waals surface area contributed by atoms with Gasteiger partial charge in [0.05, 0.1) is 6.26 Å². The van der Waals surface area contributed by atoms with Crippen molar-refractivity contribution >= 4 is 10.1 Å². The zero-order valence-electron chi connectivity index (χ0n) is 7.02. The fourth-order valence-electron chi connectivity index (χ4n) is 0.813. The van der Waals surface area contributed by atoms with Crippen LogP contribution >= 0.6 is 0 Å². The second-order valence-corrected chi connectivity index (χ2v) is 4.03. The van der Waals surface area contributed by atoms with Gasteiger partial charge < -0.3 is 4.18 Å². The van der Waals surface area contributed by atoms with Gasteiger partial charge in [-0.05, 0) is 18.2 Å². The van der Waals surface area contributed by atoms with Gasteiger partial charge in [0.2, 0.25) is 0 Å². The van der Waals surface area contributed by atoms with Gasteiger partial charge in [-0.3, -0.25) is 0 Å². The molecule has 0 aromatic heterocycles. The molecule has 68 valence electrons. The molecule has 0 fully saturated rings. The van der Waals surface area contributed by atoms with E-state index in [1.54, 1.807) is 12.1 Å². The zero-order valence-corrected chi connectivity index (χ0v) is 7.84. The molecular weight excluding hydrogens is 188 g/mol. The normalized spacial score (nSPS) is 10.5. The molecule has 0 bridgehead atoms. The minimum absolute atomic E-state index is 0.234. The molecular formula is C9H8O3S. The lowest BCUT2D eigenvalue weighted by molar-refractivity contribution is 0.493. The third-order valence-corrected chi connectivity index (χ3v) is 1.74. The van der Waals surface area contributed by atoms with E-state index in [0.29, 0.717) is 5.56 Å². The minimum atomic E-state index is -3.47. The van der Waals surface area contributed by atoms with Crippen LogP contribution in [-0.4, -0.2) is 14.7 Å². The van der Waals surface area contributed by atoms with E-state index in [4.69, 9.17) is 6.42 Å². The molecule has 0 spiro atoms. The second-order valence-electron chi connectivity index (χ2n) is 2.46. The largest absolute Gasteiger partial charge is 0.383 e. The standard InChI is InChI=1S/C9H8O3S/c1-3-8-5-4-6-9(7-8)12-13(2,10)11/h1,4-7H,2H3. The summed E-state index contributed by atoms with van der Waals surface area (Å²) >= 11 is 0. The minimum Gasteiger partial charge on any atom is -0.383 e. The number of benzene rings is 1. The van der Waals surface area contributed by atoms with Gasteiger partial charge in [0.1, 0.15) is 5.75 Å². The van der Waals surface area contributed by atoms with Gasteiger partial charge in [-0.15, -0.1) is 6.42 Å². The van der Waals surface area contributed by atoms with E-state index in [1.807, 2.05) is 0 Å². The number of rotatable bonds is 2. The molecule has 0 N–H and O–H groups in total. The molecule has 0 aliphatic rings. The van der Waals surface area contributed by atoms with Crippen LogP contribution in [-0.2, 0) is 10.1 Å². The molecule has 0 atom stereocenters. The molecule has 0 saturated heterocycles. The van der Waals surface area contributed by atoms with Crippen molar-refractivity contribution in [2.75, 3.05) is 6.26 Å². The van der Waals surface area contributed by atoms with Crippen molar-refractivity contribution in [2.45, 2.75) is 0 Å². The first-order chi connectivity index (χ1) is 6.01. The molecule has 0 radical (unpaired) electrons. The molecule has 0 unspecified atom stereocenters. The quantitative estimate of drug-likeness (QED) is 0.523. The van der Waals surface area contributed by atoms with Crippen LogP contribution in [0.15, 0.2) is 24.3 Å². The van der Waals surface area contributed by atoms with Crippen LogP contribution in [0.1, 0.15) is 5.56 Å². The van der Waals surface area contributed by atoms with Gasteiger partial charge in [-0.2, -0.15) is 8.42 Å². The summed E-state index contributed by atoms with van der Waals surface area (Å²) < 4.78 is 26.1. The van der Waals surface area contributed by atoms with Crippen LogP contribution in [0.3, 0.4) is 0 Å². The van der Waals surface area contributed by atoms with Crippen molar-refractivity contribution < 1.29 is 12.6 Å². The average molecular weight is 196 g/mol. The highest BCUT2D eigenvalue weighted by Crippen LogP contribution is 2.13. The topological polar surface area (TPSA) is 43.4 Å². The van der Waals surface area contributed by atoms with Gasteiger partial charge >= 0.3 is 10.1 Å². The third-order valence-electron chi connectivity index (χ3n) is 1.25. The third kappa shape index (κ3) is 3.18. The Labute approximate surface area is 77.5 Å². The smallest absolute Gasteiger partial charge is 0.306 e. The van der Waals surface area contributed by atoms with Crippen LogP contribution < -0.4 is 4.18 Å². The SMILES string of the molecule is C#Cc1cccc(OS(C)(=O)=O)c1. The summed E-state index contributed by atoms with van der Waals surface area (Å²) in [6, 6.07) is 6.34. The molecule has 1 aromatic carbocycles. The highest BCUT2D eigenvalue weighted by molar-refractivity contribution is 7.86. The summed E-state index contributed by atoms with van der Waals surface area (Å²) in [5.74, 6) is 2.61. The molecule has 0 amide bonds. The summed E-state index contributed by atoms with van der Waals surface area (Å²) in [5.41, 5.74) is 0.584. The molecule has 4 heteroatoms. The van der Waals surface area contributed by atoms with Gasteiger partial charge in [0, 0.05) is 5.56 Å². The van der Waals surface area contributed by atoms with E-state index < -0.39 is 10.1 Å². The van der Waals surface area contributed by atoms with Crippen LogP contribution in [0.2, 0.25) is 0 Å². The average Bonchev–Trinajstić information content (AvgIpc) is 2.01. The Morgan fingerprint density at radius 2 is 2.15 bits per heavy atom. The Kier molecular flexibility index (Phi) is 2.59. The van der Waals surface area contributed by atoms with Gasteiger partial charge in [0.15, 0.2) is 0 Å². The maximum Gasteiger partial charge on any atom is 0.306 e. The van der Waals surface area contributed by atoms with E-state index in [1.165, 1.54) is 12.1 Å². The maximum atomic E-state index is 10.7. The molecule has 0 aliphatic heterocycles. The van der Waals surface area contributed by atoms with Gasteiger partial charge in [-0.1, -0.05) is 12.0 Å². The van der Waals surface area contributed by atoms with Crippen molar-refractivity contribution in [1.29, 1.82) is 0 Å². The summed E-state index contributed by atoms with van der Waals surface area (Å²) in [7, 11) is -3.47. The molecule has 0 heterocycles. The predicted molar refractivity (Wildman–Crippen MR) is 49.8 cm³/mol. The lowest BCUT2D eigenvalue weighted by atomic mass is 10.2. The molecule has 1 aromatic rings. The fourth-order valence-corrected chi connectivity index (χ4v) is 1.27. The Morgan fingerprint density at radius 1 is 1.46 bits per heavy atom. The highest BCUT2D eigenvalue weighted by Gasteiger charge is 2.03. The van der Waals surface area contributed by atoms with E-state index in [2.05, 4.69) is 10.1 Å². The van der Waals surface area contributed by atoms with E-state index in [0.717, 1.165) is 6.26 Å². The Hall–Kier alpha value is -1.47. The van der Waals surface area contributed by atoms with Crippen molar-refractivity contribution in [2.24, 2.45) is 0 Å². The van der Waals surface area contributed by atoms with E-state index in [9.17, 15) is 8.42 Å². The summed E-state index contributed by atoms with van der Waals surface area (Å²) in [6.45, 7) is 0. The van der Waals surface area contributed by atoms with Gasteiger partial charge in [-0.25, -0.2) is 0 Å². The Bertz CT molecular complexity index is 440. The lowest BCUT2D eigenvalue weighted by Crippen LogP contribution is -2.05. The molecule has 0 aliphatic carbocycles. The van der Waals surface area contributed by atoms with E-state index in [-0.39, 0.29) is 5.75 Å². The summed E-state index contributed by atoms with van der Waals surface area (Å²) in [4.78, 5) is 0. The number of terminal acetylenes is 1. The Balaban J connectivity index is 2.99. The van der Waals surface area contributed by atoms with Crippen LogP contribution in [0, 0.1) is 12.3 Å². The lowest BCUT2D eigenvalue weighted by Gasteiger charge is -2.01. The molecule has 1 rings (SSSR count). The highest BCUT2D eigenvalue weighted by atomic mass is 32.2. The Morgan fingerprint density at radius 3 is 2.69 bits per heavy atom. The first kappa shape index (κ1) is 9.62. The first-order valence-corrected chi connectivity index (χ1v) is 5.29. The number of hydrogen-bond acceptors (Lipinski definition) is 3. The fraction of sp³-hybridized carbons (Fsp3) is 0.111. The predicted octanol–water partition coefficient (Wildman–Crippen LogP) is 1.01. The van der Waals surface area contributed by atoms with Crippen molar-refractivity contribution in [3.05, 3.63) is 29.8 Å². The van der Waals surface area contributed by atoms with Crippen LogP contribution in [0.25, 0.3) is 0 Å². The molecule has 3 nitrogen and oxygen atoms in total. The van der Waals surface area contributed by atoms with Crippen LogP contribution in [0.5, 0.6) is 5.75 Å². The number of hydrogen-bond donors (Lipinski definition) is 0. The van der Waals surface area contributed by atoms with Crippen LogP contribution in [0.4, 0.5) is 0 Å². The first-order valence-electron chi connectivity index (χ1n) is 3.47. The second kappa shape index (κ2) is 3.50. The maximum absolute atomic E-state index is 10.7. The monoisotopic (exact) mass is 196 g/mol.